The van der Waals surface area contributed by atoms with Crippen molar-refractivity contribution in [3.05, 3.63) is 52.1 Å². The van der Waals surface area contributed by atoms with E-state index >= 15 is 0 Å². The molecule has 0 radical (unpaired) electrons. The van der Waals surface area contributed by atoms with Gasteiger partial charge in [0.2, 0.25) is 11.7 Å². The van der Waals surface area contributed by atoms with E-state index in [1.807, 2.05) is 30.3 Å². The summed E-state index contributed by atoms with van der Waals surface area (Å²) in [5.74, 6) is -1.55. The van der Waals surface area contributed by atoms with Crippen LogP contribution in [0.1, 0.15) is 24.2 Å². The first-order valence-corrected chi connectivity index (χ1v) is 9.71. The SMILES string of the molecule is O=C(NCc1ccccc1)[C@H]1CCCN1c1nc2c(=O)[nH]c(C(F)(F)F)nc2s1. The zero-order chi connectivity index (χ0) is 20.6. The molecule has 0 saturated carbocycles. The maximum absolute atomic E-state index is 12.9. The standard InChI is InChI=1S/C18H16F3N5O2S/c19-18(20,21)16-24-14(28)12-15(25-16)29-17(23-12)26-8-4-7-11(26)13(27)22-9-10-5-2-1-3-6-10/h1-3,5-6,11H,4,7-9H2,(H,22,27)(H,24,25,28)/t11-/m1/s1. The zero-order valence-corrected chi connectivity index (χ0v) is 15.8. The Morgan fingerprint density at radius 3 is 2.76 bits per heavy atom. The Bertz CT molecular complexity index is 1100. The fraction of sp³-hybridized carbons (Fsp3) is 0.333. The van der Waals surface area contributed by atoms with E-state index in [1.54, 1.807) is 9.88 Å². The minimum Gasteiger partial charge on any atom is -0.350 e. The highest BCUT2D eigenvalue weighted by molar-refractivity contribution is 7.21. The Balaban J connectivity index is 1.56. The highest BCUT2D eigenvalue weighted by atomic mass is 32.1. The van der Waals surface area contributed by atoms with Gasteiger partial charge in [-0.1, -0.05) is 41.7 Å². The fourth-order valence-electron chi connectivity index (χ4n) is 3.25. The number of hydrogen-bond donors (Lipinski definition) is 2. The summed E-state index contributed by atoms with van der Waals surface area (Å²) in [5.41, 5.74) is -0.150. The van der Waals surface area contributed by atoms with Crippen molar-refractivity contribution in [3.8, 4) is 0 Å². The Morgan fingerprint density at radius 1 is 1.28 bits per heavy atom. The van der Waals surface area contributed by atoms with Gasteiger partial charge in [0.25, 0.3) is 5.56 Å². The lowest BCUT2D eigenvalue weighted by atomic mass is 10.2. The van der Waals surface area contributed by atoms with Gasteiger partial charge in [-0.25, -0.2) is 9.97 Å². The number of fused-ring (bicyclic) bond motifs is 1. The molecular formula is C18H16F3N5O2S. The molecule has 7 nitrogen and oxygen atoms in total. The summed E-state index contributed by atoms with van der Waals surface area (Å²) in [4.78, 5) is 35.7. The van der Waals surface area contributed by atoms with Gasteiger partial charge in [-0.15, -0.1) is 0 Å². The van der Waals surface area contributed by atoms with Crippen LogP contribution in [0.3, 0.4) is 0 Å². The number of carbonyl (C=O) groups is 1. The number of halogens is 3. The van der Waals surface area contributed by atoms with Crippen molar-refractivity contribution in [2.24, 2.45) is 0 Å². The maximum atomic E-state index is 12.9. The monoisotopic (exact) mass is 423 g/mol. The third kappa shape index (κ3) is 3.95. The lowest BCUT2D eigenvalue weighted by molar-refractivity contribution is -0.144. The van der Waals surface area contributed by atoms with E-state index in [1.165, 1.54) is 0 Å². The van der Waals surface area contributed by atoms with Gasteiger partial charge in [-0.3, -0.25) is 9.59 Å². The average molecular weight is 423 g/mol. The number of nitrogens with one attached hydrogen (secondary N) is 2. The Kier molecular flexibility index (Phi) is 4.99. The van der Waals surface area contributed by atoms with E-state index in [0.717, 1.165) is 23.3 Å². The summed E-state index contributed by atoms with van der Waals surface area (Å²) < 4.78 is 38.7. The third-order valence-electron chi connectivity index (χ3n) is 4.64. The molecule has 11 heteroatoms. The third-order valence-corrected chi connectivity index (χ3v) is 5.62. The van der Waals surface area contributed by atoms with Crippen LogP contribution >= 0.6 is 11.3 Å². The molecular weight excluding hydrogens is 407 g/mol. The molecule has 29 heavy (non-hydrogen) atoms. The second kappa shape index (κ2) is 7.47. The number of benzene rings is 1. The van der Waals surface area contributed by atoms with Gasteiger partial charge in [-0.2, -0.15) is 13.2 Å². The quantitative estimate of drug-likeness (QED) is 0.673. The molecule has 2 N–H and O–H groups in total. The highest BCUT2D eigenvalue weighted by Gasteiger charge is 2.36. The number of alkyl halides is 3. The number of anilines is 1. The van der Waals surface area contributed by atoms with Crippen LogP contribution in [0.4, 0.5) is 18.3 Å². The maximum Gasteiger partial charge on any atom is 0.449 e. The second-order valence-electron chi connectivity index (χ2n) is 6.62. The van der Waals surface area contributed by atoms with Crippen molar-refractivity contribution >= 4 is 32.7 Å². The van der Waals surface area contributed by atoms with E-state index < -0.39 is 23.6 Å². The molecule has 0 bridgehead atoms. The molecule has 1 aliphatic heterocycles. The molecule has 152 valence electrons. The Morgan fingerprint density at radius 2 is 2.03 bits per heavy atom. The minimum atomic E-state index is -4.76. The summed E-state index contributed by atoms with van der Waals surface area (Å²) in [6.45, 7) is 0.896. The molecule has 3 heterocycles. The van der Waals surface area contributed by atoms with E-state index in [-0.39, 0.29) is 16.3 Å². The van der Waals surface area contributed by atoms with Crippen LogP contribution in [0.5, 0.6) is 0 Å². The topological polar surface area (TPSA) is 91.0 Å². The largest absolute Gasteiger partial charge is 0.449 e. The van der Waals surface area contributed by atoms with E-state index in [4.69, 9.17) is 0 Å². The Labute approximate surface area is 166 Å². The van der Waals surface area contributed by atoms with Gasteiger partial charge < -0.3 is 15.2 Å². The predicted octanol–water partition coefficient (Wildman–Crippen LogP) is 2.68. The molecule has 1 saturated heterocycles. The molecule has 2 aromatic heterocycles. The predicted molar refractivity (Wildman–Crippen MR) is 102 cm³/mol. The first-order chi connectivity index (χ1) is 13.8. The van der Waals surface area contributed by atoms with Gasteiger partial charge in [0, 0.05) is 13.1 Å². The van der Waals surface area contributed by atoms with Crippen LogP contribution in [-0.4, -0.2) is 33.4 Å². The number of rotatable bonds is 4. The number of thiazole rings is 1. The van der Waals surface area contributed by atoms with Crippen LogP contribution in [0.25, 0.3) is 10.3 Å². The molecule has 1 fully saturated rings. The van der Waals surface area contributed by atoms with Crippen molar-refractivity contribution in [2.45, 2.75) is 31.6 Å². The van der Waals surface area contributed by atoms with Crippen molar-refractivity contribution in [1.29, 1.82) is 0 Å². The summed E-state index contributed by atoms with van der Waals surface area (Å²) in [5, 5.41) is 3.19. The van der Waals surface area contributed by atoms with Crippen molar-refractivity contribution in [1.82, 2.24) is 20.3 Å². The first kappa shape index (κ1) is 19.4. The summed E-state index contributed by atoms with van der Waals surface area (Å²) in [6, 6.07) is 8.94. The average Bonchev–Trinajstić information content (AvgIpc) is 3.33. The number of hydrogen-bond acceptors (Lipinski definition) is 6. The van der Waals surface area contributed by atoms with Gasteiger partial charge in [-0.05, 0) is 18.4 Å². The zero-order valence-electron chi connectivity index (χ0n) is 15.0. The molecule has 1 amide bonds. The Hall–Kier alpha value is -2.95. The molecule has 3 aromatic rings. The van der Waals surface area contributed by atoms with Crippen molar-refractivity contribution in [3.63, 3.8) is 0 Å². The van der Waals surface area contributed by atoms with Gasteiger partial charge >= 0.3 is 6.18 Å². The first-order valence-electron chi connectivity index (χ1n) is 8.89. The number of nitrogens with zero attached hydrogens (tertiary/aromatic N) is 3. The van der Waals surface area contributed by atoms with Gasteiger partial charge in [0.1, 0.15) is 6.04 Å². The molecule has 1 aromatic carbocycles. The number of amides is 1. The molecule has 4 rings (SSSR count). The second-order valence-corrected chi connectivity index (χ2v) is 7.57. The number of H-pyrrole nitrogens is 1. The van der Waals surface area contributed by atoms with Crippen molar-refractivity contribution in [2.75, 3.05) is 11.4 Å². The summed E-state index contributed by atoms with van der Waals surface area (Å²) >= 11 is 0.878. The molecule has 0 unspecified atom stereocenters. The lowest BCUT2D eigenvalue weighted by Crippen LogP contribution is -2.43. The van der Waals surface area contributed by atoms with Crippen LogP contribution in [0.2, 0.25) is 0 Å². The molecule has 1 atom stereocenters. The summed E-state index contributed by atoms with van der Waals surface area (Å²) in [6.07, 6.45) is -3.43. The van der Waals surface area contributed by atoms with Crippen molar-refractivity contribution < 1.29 is 18.0 Å². The normalized spacial score (nSPS) is 17.1. The van der Waals surface area contributed by atoms with Crippen LogP contribution in [-0.2, 0) is 17.5 Å². The van der Waals surface area contributed by atoms with E-state index in [0.29, 0.717) is 24.6 Å². The smallest absolute Gasteiger partial charge is 0.350 e. The van der Waals surface area contributed by atoms with E-state index in [2.05, 4.69) is 15.3 Å². The van der Waals surface area contributed by atoms with Gasteiger partial charge in [0.05, 0.1) is 0 Å². The van der Waals surface area contributed by atoms with Crippen LogP contribution in [0.15, 0.2) is 35.1 Å². The molecule has 0 aliphatic carbocycles. The molecule has 0 spiro atoms. The highest BCUT2D eigenvalue weighted by Crippen LogP contribution is 2.33. The lowest BCUT2D eigenvalue weighted by Gasteiger charge is -2.23. The molecule has 1 aliphatic rings. The minimum absolute atomic E-state index is 0.105. The number of aromatic amines is 1. The fourth-order valence-corrected chi connectivity index (χ4v) is 4.27. The van der Waals surface area contributed by atoms with Crippen LogP contribution in [0, 0.1) is 0 Å². The number of aromatic nitrogens is 3. The van der Waals surface area contributed by atoms with Gasteiger partial charge in [0.15, 0.2) is 15.5 Å². The number of carbonyl (C=O) groups excluding carboxylic acids is 1. The van der Waals surface area contributed by atoms with E-state index in [9.17, 15) is 22.8 Å². The summed E-state index contributed by atoms with van der Waals surface area (Å²) in [7, 11) is 0. The van der Waals surface area contributed by atoms with Crippen LogP contribution < -0.4 is 15.8 Å².